The van der Waals surface area contributed by atoms with Gasteiger partial charge in [0.1, 0.15) is 10.8 Å². The van der Waals surface area contributed by atoms with Crippen LogP contribution in [0.2, 0.25) is 5.02 Å². The summed E-state index contributed by atoms with van der Waals surface area (Å²) in [6.07, 6.45) is -0.753. The van der Waals surface area contributed by atoms with E-state index in [1.54, 1.807) is 31.2 Å². The van der Waals surface area contributed by atoms with E-state index in [1.807, 2.05) is 6.07 Å². The van der Waals surface area contributed by atoms with Crippen LogP contribution in [0, 0.1) is 10.1 Å². The Hall–Kier alpha value is -2.60. The molecule has 0 fully saturated rings. The molecule has 2 rings (SSSR count). The van der Waals surface area contributed by atoms with Gasteiger partial charge in [0, 0.05) is 11.8 Å². The lowest BCUT2D eigenvalue weighted by atomic mass is 10.2. The van der Waals surface area contributed by atoms with Crippen LogP contribution in [0.3, 0.4) is 0 Å². The average molecular weight is 321 g/mol. The molecule has 0 bridgehead atoms. The number of nitro benzene ring substituents is 1. The topological polar surface area (TPSA) is 81.5 Å². The van der Waals surface area contributed by atoms with Crippen molar-refractivity contribution in [2.45, 2.75) is 13.0 Å². The van der Waals surface area contributed by atoms with Crippen molar-refractivity contribution in [2.75, 3.05) is 5.32 Å². The molecule has 0 heterocycles. The van der Waals surface area contributed by atoms with Crippen LogP contribution in [-0.2, 0) is 4.79 Å². The molecule has 1 amide bonds. The quantitative estimate of drug-likeness (QED) is 0.673. The molecular formula is C15H13ClN2O4. The Kier molecular flexibility index (Phi) is 4.95. The zero-order chi connectivity index (χ0) is 16.1. The van der Waals surface area contributed by atoms with E-state index >= 15 is 0 Å². The van der Waals surface area contributed by atoms with Gasteiger partial charge in [-0.05, 0) is 31.2 Å². The van der Waals surface area contributed by atoms with Gasteiger partial charge >= 0.3 is 0 Å². The molecule has 0 spiro atoms. The lowest BCUT2D eigenvalue weighted by Crippen LogP contribution is -2.30. The molecule has 0 aliphatic heterocycles. The monoisotopic (exact) mass is 320 g/mol. The van der Waals surface area contributed by atoms with Gasteiger partial charge in [-0.15, -0.1) is 0 Å². The molecule has 1 N–H and O–H groups in total. The van der Waals surface area contributed by atoms with E-state index in [0.717, 1.165) is 0 Å². The number of carbonyl (C=O) groups is 1. The van der Waals surface area contributed by atoms with Crippen molar-refractivity contribution in [1.82, 2.24) is 0 Å². The van der Waals surface area contributed by atoms with Gasteiger partial charge in [0.15, 0.2) is 6.10 Å². The molecule has 1 unspecified atom stereocenters. The number of ether oxygens (including phenoxy) is 1. The third-order valence-electron chi connectivity index (χ3n) is 2.84. The molecule has 22 heavy (non-hydrogen) atoms. The van der Waals surface area contributed by atoms with E-state index in [4.69, 9.17) is 16.3 Å². The molecule has 2 aromatic rings. The number of nitrogens with one attached hydrogen (secondary N) is 1. The van der Waals surface area contributed by atoms with Gasteiger partial charge in [0.25, 0.3) is 11.6 Å². The van der Waals surface area contributed by atoms with Crippen LogP contribution in [0.5, 0.6) is 5.75 Å². The Morgan fingerprint density at radius 1 is 1.27 bits per heavy atom. The first-order valence-electron chi connectivity index (χ1n) is 6.44. The number of carbonyl (C=O) groups excluding carboxylic acids is 1. The van der Waals surface area contributed by atoms with Crippen LogP contribution < -0.4 is 10.1 Å². The molecule has 0 aromatic heterocycles. The number of nitro groups is 1. The third-order valence-corrected chi connectivity index (χ3v) is 3.16. The zero-order valence-electron chi connectivity index (χ0n) is 11.7. The van der Waals surface area contributed by atoms with E-state index in [1.165, 1.54) is 18.2 Å². The normalized spacial score (nSPS) is 11.5. The summed E-state index contributed by atoms with van der Waals surface area (Å²) >= 11 is 5.72. The lowest BCUT2D eigenvalue weighted by Gasteiger charge is -2.14. The number of rotatable bonds is 5. The van der Waals surface area contributed by atoms with Crippen molar-refractivity contribution >= 4 is 28.9 Å². The van der Waals surface area contributed by atoms with Crippen molar-refractivity contribution in [3.8, 4) is 5.75 Å². The SMILES string of the molecule is CC(Oc1ccccc1)C(=O)Nc1ccc(Cl)c([N+](=O)[O-])c1. The van der Waals surface area contributed by atoms with Crippen molar-refractivity contribution in [1.29, 1.82) is 0 Å². The molecule has 6 nitrogen and oxygen atoms in total. The molecule has 0 saturated heterocycles. The van der Waals surface area contributed by atoms with Crippen molar-refractivity contribution < 1.29 is 14.5 Å². The Morgan fingerprint density at radius 3 is 2.59 bits per heavy atom. The van der Waals surface area contributed by atoms with Crippen molar-refractivity contribution in [2.24, 2.45) is 0 Å². The maximum absolute atomic E-state index is 12.0. The minimum absolute atomic E-state index is 0.0107. The number of anilines is 1. The number of hydrogen-bond donors (Lipinski definition) is 1. The molecule has 7 heteroatoms. The van der Waals surface area contributed by atoms with E-state index in [-0.39, 0.29) is 16.4 Å². The van der Waals surface area contributed by atoms with Gasteiger partial charge in [-0.25, -0.2) is 0 Å². The fraction of sp³-hybridized carbons (Fsp3) is 0.133. The standard InChI is InChI=1S/C15H13ClN2O4/c1-10(22-12-5-3-2-4-6-12)15(19)17-11-7-8-13(16)14(9-11)18(20)21/h2-10H,1H3,(H,17,19). The summed E-state index contributed by atoms with van der Waals surface area (Å²) in [6, 6.07) is 12.9. The van der Waals surface area contributed by atoms with Crippen LogP contribution in [0.25, 0.3) is 0 Å². The molecule has 1 atom stereocenters. The molecule has 0 radical (unpaired) electrons. The van der Waals surface area contributed by atoms with Gasteiger partial charge in [-0.2, -0.15) is 0 Å². The first-order chi connectivity index (χ1) is 10.5. The summed E-state index contributed by atoms with van der Waals surface area (Å²) in [4.78, 5) is 22.3. The molecular weight excluding hydrogens is 308 g/mol. The van der Waals surface area contributed by atoms with Crippen LogP contribution >= 0.6 is 11.6 Å². The van der Waals surface area contributed by atoms with Crippen LogP contribution in [0.15, 0.2) is 48.5 Å². The number of hydrogen-bond acceptors (Lipinski definition) is 4. The highest BCUT2D eigenvalue weighted by atomic mass is 35.5. The van der Waals surface area contributed by atoms with Gasteiger partial charge in [-0.3, -0.25) is 14.9 Å². The molecule has 0 saturated carbocycles. The summed E-state index contributed by atoms with van der Waals surface area (Å²) < 4.78 is 5.48. The Bertz CT molecular complexity index is 691. The number of benzene rings is 2. The number of halogens is 1. The van der Waals surface area contributed by atoms with Crippen molar-refractivity contribution in [3.05, 3.63) is 63.7 Å². The fourth-order valence-electron chi connectivity index (χ4n) is 1.73. The third kappa shape index (κ3) is 3.95. The average Bonchev–Trinajstić information content (AvgIpc) is 2.49. The van der Waals surface area contributed by atoms with Gasteiger partial charge in [0.05, 0.1) is 4.92 Å². The first-order valence-corrected chi connectivity index (χ1v) is 6.81. The minimum Gasteiger partial charge on any atom is -0.481 e. The highest BCUT2D eigenvalue weighted by Gasteiger charge is 2.18. The maximum atomic E-state index is 12.0. The summed E-state index contributed by atoms with van der Waals surface area (Å²) in [6.45, 7) is 1.59. The summed E-state index contributed by atoms with van der Waals surface area (Å²) in [7, 11) is 0. The van der Waals surface area contributed by atoms with E-state index in [2.05, 4.69) is 5.32 Å². The van der Waals surface area contributed by atoms with Crippen LogP contribution in [-0.4, -0.2) is 16.9 Å². The largest absolute Gasteiger partial charge is 0.481 e. The summed E-state index contributed by atoms with van der Waals surface area (Å²) in [5.74, 6) is 0.146. The maximum Gasteiger partial charge on any atom is 0.289 e. The van der Waals surface area contributed by atoms with E-state index in [0.29, 0.717) is 5.75 Å². The Morgan fingerprint density at radius 2 is 1.95 bits per heavy atom. The minimum atomic E-state index is -0.753. The summed E-state index contributed by atoms with van der Waals surface area (Å²) in [5, 5.41) is 13.4. The number of nitrogens with zero attached hydrogens (tertiary/aromatic N) is 1. The predicted molar refractivity (Wildman–Crippen MR) is 83.3 cm³/mol. The second-order valence-corrected chi connectivity index (χ2v) is 4.89. The fourth-order valence-corrected chi connectivity index (χ4v) is 1.92. The number of para-hydroxylation sites is 1. The molecule has 114 valence electrons. The highest BCUT2D eigenvalue weighted by molar-refractivity contribution is 6.32. The molecule has 2 aromatic carbocycles. The Labute approximate surface area is 131 Å². The first kappa shape index (κ1) is 15.8. The van der Waals surface area contributed by atoms with E-state index in [9.17, 15) is 14.9 Å². The van der Waals surface area contributed by atoms with Gasteiger partial charge in [-0.1, -0.05) is 29.8 Å². The number of amides is 1. The Balaban J connectivity index is 2.05. The lowest BCUT2D eigenvalue weighted by molar-refractivity contribution is -0.384. The van der Waals surface area contributed by atoms with E-state index < -0.39 is 16.9 Å². The summed E-state index contributed by atoms with van der Waals surface area (Å²) in [5.41, 5.74) is 0.0145. The second kappa shape index (κ2) is 6.91. The van der Waals surface area contributed by atoms with Gasteiger partial charge in [0.2, 0.25) is 0 Å². The van der Waals surface area contributed by atoms with Crippen molar-refractivity contribution in [3.63, 3.8) is 0 Å². The smallest absolute Gasteiger partial charge is 0.289 e. The highest BCUT2D eigenvalue weighted by Crippen LogP contribution is 2.27. The van der Waals surface area contributed by atoms with Gasteiger partial charge < -0.3 is 10.1 Å². The second-order valence-electron chi connectivity index (χ2n) is 4.49. The predicted octanol–water partition coefficient (Wildman–Crippen LogP) is 3.65. The molecule has 0 aliphatic rings. The van der Waals surface area contributed by atoms with Crippen LogP contribution in [0.1, 0.15) is 6.92 Å². The zero-order valence-corrected chi connectivity index (χ0v) is 12.4. The van der Waals surface area contributed by atoms with Crippen LogP contribution in [0.4, 0.5) is 11.4 Å². The molecule has 0 aliphatic carbocycles.